The van der Waals surface area contributed by atoms with Crippen molar-refractivity contribution in [3.05, 3.63) is 200 Å². The molecule has 0 aliphatic rings. The van der Waals surface area contributed by atoms with Crippen molar-refractivity contribution in [1.82, 2.24) is 15.0 Å². The number of fused-ring (bicyclic) bond motifs is 8. The molecule has 0 radical (unpaired) electrons. The first-order valence-electron chi connectivity index (χ1n) is 20.1. The van der Waals surface area contributed by atoms with E-state index in [0.29, 0.717) is 5.82 Å². The number of para-hydroxylation sites is 1. The third kappa shape index (κ3) is 5.78. The molecule has 4 nitrogen and oxygen atoms in total. The van der Waals surface area contributed by atoms with Crippen molar-refractivity contribution in [1.29, 1.82) is 0 Å². The fourth-order valence-electron chi connectivity index (χ4n) is 8.57. The predicted molar refractivity (Wildman–Crippen MR) is 250 cm³/mol. The molecule has 60 heavy (non-hydrogen) atoms. The number of furan rings is 1. The average Bonchev–Trinajstić information content (AvgIpc) is 3.91. The molecular formula is C55H33N3OS. The highest BCUT2D eigenvalue weighted by molar-refractivity contribution is 7.26. The van der Waals surface area contributed by atoms with Gasteiger partial charge in [-0.05, 0) is 58.7 Å². The third-order valence-corrected chi connectivity index (χ3v) is 12.7. The van der Waals surface area contributed by atoms with Gasteiger partial charge in [-0.2, -0.15) is 0 Å². The number of thiophene rings is 1. The molecule has 0 aliphatic heterocycles. The van der Waals surface area contributed by atoms with Crippen molar-refractivity contribution in [2.24, 2.45) is 0 Å². The maximum Gasteiger partial charge on any atom is 0.162 e. The zero-order chi connectivity index (χ0) is 39.6. The van der Waals surface area contributed by atoms with Gasteiger partial charge in [-0.1, -0.05) is 164 Å². The predicted octanol–water partition coefficient (Wildman–Crippen LogP) is 15.3. The van der Waals surface area contributed by atoms with Crippen LogP contribution in [-0.2, 0) is 0 Å². The number of benzene rings is 8. The molecule has 4 aromatic heterocycles. The molecule has 0 fully saturated rings. The summed E-state index contributed by atoms with van der Waals surface area (Å²) in [5.41, 5.74) is 13.7. The highest BCUT2D eigenvalue weighted by Crippen LogP contribution is 2.43. The van der Waals surface area contributed by atoms with Crippen LogP contribution in [0.3, 0.4) is 0 Å². The lowest BCUT2D eigenvalue weighted by atomic mass is 9.97. The Balaban J connectivity index is 1.01. The van der Waals surface area contributed by atoms with Crippen molar-refractivity contribution in [2.45, 2.75) is 0 Å². The van der Waals surface area contributed by atoms with Crippen LogP contribution in [-0.4, -0.2) is 15.0 Å². The standard InChI is InChI=1S/C55H33N3OS/c1-3-13-34(14-4-1)35-25-27-36(28-26-35)38-29-30-46-45(32-38)51-44-20-7-9-23-49(44)59-53(51)52(56-46)40-18-11-17-39(31-40)47-33-48(58-55(57-47)37-15-5-2-6-16-37)43-22-12-21-42-41-19-8-10-24-50(41)60-54(42)43/h1-33H. The topological polar surface area (TPSA) is 51.8 Å². The summed E-state index contributed by atoms with van der Waals surface area (Å²) in [5, 5.41) is 5.69. The Morgan fingerprint density at radius 1 is 0.383 bits per heavy atom. The molecule has 0 aliphatic carbocycles. The minimum atomic E-state index is 0.681. The van der Waals surface area contributed by atoms with E-state index in [1.807, 2.05) is 47.7 Å². The number of hydrogen-bond donors (Lipinski definition) is 0. The highest BCUT2D eigenvalue weighted by atomic mass is 32.1. The fourth-order valence-corrected chi connectivity index (χ4v) is 9.79. The van der Waals surface area contributed by atoms with E-state index < -0.39 is 0 Å². The van der Waals surface area contributed by atoms with Gasteiger partial charge < -0.3 is 4.42 Å². The van der Waals surface area contributed by atoms with E-state index >= 15 is 0 Å². The number of pyridine rings is 1. The van der Waals surface area contributed by atoms with Crippen LogP contribution in [0.4, 0.5) is 0 Å². The largest absolute Gasteiger partial charge is 0.454 e. The van der Waals surface area contributed by atoms with Gasteiger partial charge in [-0.15, -0.1) is 11.3 Å². The molecule has 12 rings (SSSR count). The lowest BCUT2D eigenvalue weighted by molar-refractivity contribution is 0.669. The first-order chi connectivity index (χ1) is 29.7. The molecular weight excluding hydrogens is 751 g/mol. The summed E-state index contributed by atoms with van der Waals surface area (Å²) in [6.07, 6.45) is 0. The van der Waals surface area contributed by atoms with Crippen molar-refractivity contribution in [3.8, 4) is 67.4 Å². The Morgan fingerprint density at radius 3 is 1.83 bits per heavy atom. The second kappa shape index (κ2) is 14.0. The highest BCUT2D eigenvalue weighted by Gasteiger charge is 2.20. The Bertz CT molecular complexity index is 3590. The van der Waals surface area contributed by atoms with Crippen LogP contribution in [0.5, 0.6) is 0 Å². The number of aromatic nitrogens is 3. The third-order valence-electron chi connectivity index (χ3n) is 11.5. The molecule has 0 amide bonds. The molecule has 4 heterocycles. The second-order valence-electron chi connectivity index (χ2n) is 15.1. The van der Waals surface area contributed by atoms with Crippen LogP contribution < -0.4 is 0 Å². The average molecular weight is 784 g/mol. The van der Waals surface area contributed by atoms with Crippen molar-refractivity contribution in [2.75, 3.05) is 0 Å². The molecule has 0 saturated carbocycles. The maximum atomic E-state index is 6.73. The molecule has 0 saturated heterocycles. The molecule has 0 atom stereocenters. The molecule has 0 N–H and O–H groups in total. The second-order valence-corrected chi connectivity index (χ2v) is 16.2. The van der Waals surface area contributed by atoms with Gasteiger partial charge in [-0.25, -0.2) is 15.0 Å². The SMILES string of the molecule is c1ccc(-c2ccc(-c3ccc4nc(-c5cccc(-c6cc(-c7cccc8c7sc7ccccc78)nc(-c7ccccc7)n6)c5)c5oc6ccccc6c5c4c3)cc2)cc1. The van der Waals surface area contributed by atoms with Gasteiger partial charge in [0, 0.05) is 58.6 Å². The normalized spacial score (nSPS) is 11.7. The van der Waals surface area contributed by atoms with Crippen LogP contribution in [0.15, 0.2) is 205 Å². The van der Waals surface area contributed by atoms with Crippen molar-refractivity contribution in [3.63, 3.8) is 0 Å². The zero-order valence-corrected chi connectivity index (χ0v) is 33.0. The van der Waals surface area contributed by atoms with E-state index in [9.17, 15) is 0 Å². The van der Waals surface area contributed by atoms with Crippen molar-refractivity contribution < 1.29 is 4.42 Å². The Morgan fingerprint density at radius 2 is 1.00 bits per heavy atom. The Labute approximate surface area is 349 Å². The maximum absolute atomic E-state index is 6.73. The summed E-state index contributed by atoms with van der Waals surface area (Å²) in [6.45, 7) is 0. The van der Waals surface area contributed by atoms with Gasteiger partial charge >= 0.3 is 0 Å². The summed E-state index contributed by atoms with van der Waals surface area (Å²) in [7, 11) is 0. The van der Waals surface area contributed by atoms with E-state index in [1.165, 1.54) is 31.3 Å². The van der Waals surface area contributed by atoms with Gasteiger partial charge in [0.2, 0.25) is 0 Å². The molecule has 0 spiro atoms. The lowest BCUT2D eigenvalue weighted by Crippen LogP contribution is -1.96. The van der Waals surface area contributed by atoms with Crippen LogP contribution in [0.2, 0.25) is 0 Å². The molecule has 12 aromatic rings. The van der Waals surface area contributed by atoms with Crippen molar-refractivity contribution >= 4 is 64.4 Å². The van der Waals surface area contributed by atoms with Crippen LogP contribution in [0, 0.1) is 0 Å². The summed E-state index contributed by atoms with van der Waals surface area (Å²) < 4.78 is 9.22. The molecule has 8 aromatic carbocycles. The smallest absolute Gasteiger partial charge is 0.162 e. The van der Waals surface area contributed by atoms with Crippen LogP contribution in [0.1, 0.15) is 0 Å². The molecule has 280 valence electrons. The van der Waals surface area contributed by atoms with Crippen LogP contribution >= 0.6 is 11.3 Å². The molecule has 0 bridgehead atoms. The van der Waals surface area contributed by atoms with Gasteiger partial charge in [0.15, 0.2) is 11.4 Å². The number of nitrogens with zero attached hydrogens (tertiary/aromatic N) is 3. The zero-order valence-electron chi connectivity index (χ0n) is 32.2. The lowest BCUT2D eigenvalue weighted by Gasteiger charge is -2.12. The van der Waals surface area contributed by atoms with E-state index in [4.69, 9.17) is 19.4 Å². The molecule has 0 unspecified atom stereocenters. The first-order valence-corrected chi connectivity index (χ1v) is 20.9. The Hall–Kier alpha value is -7.73. The summed E-state index contributed by atoms with van der Waals surface area (Å²) >= 11 is 1.81. The number of hydrogen-bond acceptors (Lipinski definition) is 5. The summed E-state index contributed by atoms with van der Waals surface area (Å²) in [5.74, 6) is 0.681. The van der Waals surface area contributed by atoms with Crippen LogP contribution in [0.25, 0.3) is 120 Å². The van der Waals surface area contributed by atoms with Gasteiger partial charge in [0.25, 0.3) is 0 Å². The van der Waals surface area contributed by atoms with Gasteiger partial charge in [0.05, 0.1) is 16.9 Å². The fraction of sp³-hybridized carbons (Fsp3) is 0. The van der Waals surface area contributed by atoms with E-state index in [2.05, 4.69) is 164 Å². The summed E-state index contributed by atoms with van der Waals surface area (Å²) in [6, 6.07) is 70.1. The summed E-state index contributed by atoms with van der Waals surface area (Å²) in [4.78, 5) is 15.8. The Kier molecular flexibility index (Phi) is 8.00. The first kappa shape index (κ1) is 34.3. The molecule has 5 heteroatoms. The van der Waals surface area contributed by atoms with Gasteiger partial charge in [-0.3, -0.25) is 0 Å². The van der Waals surface area contributed by atoms with E-state index in [0.717, 1.165) is 83.3 Å². The number of rotatable bonds is 6. The van der Waals surface area contributed by atoms with E-state index in [-0.39, 0.29) is 0 Å². The quantitative estimate of drug-likeness (QED) is 0.169. The minimum Gasteiger partial charge on any atom is -0.454 e. The van der Waals surface area contributed by atoms with E-state index in [1.54, 1.807) is 0 Å². The minimum absolute atomic E-state index is 0.681. The van der Waals surface area contributed by atoms with Gasteiger partial charge in [0.1, 0.15) is 11.3 Å². The monoisotopic (exact) mass is 783 g/mol.